The van der Waals surface area contributed by atoms with E-state index >= 15 is 0 Å². The number of carbonyl (C=O) groups is 2. The third-order valence-electron chi connectivity index (χ3n) is 5.00. The molecule has 2 atom stereocenters. The van der Waals surface area contributed by atoms with Crippen molar-refractivity contribution < 1.29 is 18.7 Å². The van der Waals surface area contributed by atoms with Crippen LogP contribution in [0.3, 0.4) is 0 Å². The molecule has 3 heterocycles. The quantitative estimate of drug-likeness (QED) is 0.822. The first kappa shape index (κ1) is 14.9. The predicted molar refractivity (Wildman–Crippen MR) is 80.2 cm³/mol. The van der Waals surface area contributed by atoms with E-state index in [0.29, 0.717) is 38.1 Å². The van der Waals surface area contributed by atoms with Crippen molar-refractivity contribution in [2.24, 2.45) is 0 Å². The molecule has 0 bridgehead atoms. The van der Waals surface area contributed by atoms with Crippen molar-refractivity contribution >= 4 is 23.4 Å². The minimum atomic E-state index is -0.633. The van der Waals surface area contributed by atoms with Gasteiger partial charge in [-0.1, -0.05) is 11.6 Å². The highest BCUT2D eigenvalue weighted by molar-refractivity contribution is 6.30. The molecule has 7 heteroatoms. The molecule has 4 rings (SSSR count). The van der Waals surface area contributed by atoms with Crippen LogP contribution in [-0.2, 0) is 20.7 Å². The van der Waals surface area contributed by atoms with E-state index in [1.807, 2.05) is 0 Å². The number of rotatable bonds is 2. The van der Waals surface area contributed by atoms with Gasteiger partial charge in [0.2, 0.25) is 11.8 Å². The van der Waals surface area contributed by atoms with Crippen LogP contribution in [-0.4, -0.2) is 53.1 Å². The van der Waals surface area contributed by atoms with Crippen LogP contribution in [0.25, 0.3) is 0 Å². The summed E-state index contributed by atoms with van der Waals surface area (Å²) in [4.78, 5) is 28.2. The van der Waals surface area contributed by atoms with Crippen molar-refractivity contribution in [1.82, 2.24) is 9.80 Å². The summed E-state index contributed by atoms with van der Waals surface area (Å²) in [5.41, 5.74) is -0.0961. The summed E-state index contributed by atoms with van der Waals surface area (Å²) < 4.78 is 19.3. The zero-order valence-electron chi connectivity index (χ0n) is 12.4. The minimum Gasteiger partial charge on any atom is -0.351 e. The number of carbonyl (C=O) groups excluding carboxylic acids is 2. The molecule has 5 nitrogen and oxygen atoms in total. The molecule has 1 spiro atoms. The van der Waals surface area contributed by atoms with E-state index in [4.69, 9.17) is 16.3 Å². The van der Waals surface area contributed by atoms with Crippen LogP contribution in [0.15, 0.2) is 18.2 Å². The zero-order chi connectivity index (χ0) is 16.2. The largest absolute Gasteiger partial charge is 0.351 e. The van der Waals surface area contributed by atoms with Gasteiger partial charge in [0.15, 0.2) is 5.72 Å². The first-order chi connectivity index (χ1) is 11.0. The summed E-state index contributed by atoms with van der Waals surface area (Å²) in [5.74, 6) is -0.544. The van der Waals surface area contributed by atoms with Gasteiger partial charge in [-0.2, -0.15) is 0 Å². The van der Waals surface area contributed by atoms with Crippen molar-refractivity contribution in [2.45, 2.75) is 31.0 Å². The average Bonchev–Trinajstić information content (AvgIpc) is 3.09. The van der Waals surface area contributed by atoms with Crippen LogP contribution in [0.1, 0.15) is 18.4 Å². The summed E-state index contributed by atoms with van der Waals surface area (Å²) in [7, 11) is 0. The fourth-order valence-corrected chi connectivity index (χ4v) is 4.32. The Kier molecular flexibility index (Phi) is 3.35. The molecular weight excluding hydrogens is 323 g/mol. The van der Waals surface area contributed by atoms with E-state index in [2.05, 4.69) is 0 Å². The van der Waals surface area contributed by atoms with Crippen LogP contribution in [0.2, 0.25) is 5.02 Å². The second-order valence-corrected chi connectivity index (χ2v) is 6.69. The fourth-order valence-electron chi connectivity index (χ4n) is 4.08. The number of benzene rings is 1. The molecule has 3 saturated heterocycles. The Balaban J connectivity index is 1.55. The SMILES string of the molecule is O=C(Cc1cc(F)cc(Cl)c1)N1CC[C@@]23OCCN2C(=O)C[C@@H]13. The maximum atomic E-state index is 13.4. The van der Waals surface area contributed by atoms with Crippen LogP contribution >= 0.6 is 11.6 Å². The molecular formula is C16H16ClFN2O3. The van der Waals surface area contributed by atoms with Gasteiger partial charge in [-0.3, -0.25) is 9.59 Å². The molecule has 1 aromatic carbocycles. The molecule has 1 aromatic rings. The maximum absolute atomic E-state index is 13.4. The topological polar surface area (TPSA) is 49.9 Å². The Labute approximate surface area is 137 Å². The van der Waals surface area contributed by atoms with Crippen LogP contribution in [0.4, 0.5) is 4.39 Å². The third kappa shape index (κ3) is 2.23. The van der Waals surface area contributed by atoms with Gasteiger partial charge in [0.05, 0.1) is 25.5 Å². The van der Waals surface area contributed by atoms with Gasteiger partial charge in [-0.15, -0.1) is 0 Å². The standard InChI is InChI=1S/C16H16ClFN2O3/c17-11-5-10(6-12(18)8-11)7-14(21)19-2-1-16-13(19)9-15(22)20(16)3-4-23-16/h5-6,8,13H,1-4,7,9H2/t13-,16+/m1/s1. The molecule has 3 aliphatic heterocycles. The number of nitrogens with zero attached hydrogens (tertiary/aromatic N) is 2. The number of amides is 2. The van der Waals surface area contributed by atoms with E-state index < -0.39 is 11.5 Å². The second kappa shape index (κ2) is 5.18. The smallest absolute Gasteiger partial charge is 0.227 e. The van der Waals surface area contributed by atoms with Gasteiger partial charge < -0.3 is 14.5 Å². The van der Waals surface area contributed by atoms with Crippen LogP contribution in [0, 0.1) is 5.82 Å². The summed E-state index contributed by atoms with van der Waals surface area (Å²) in [6.07, 6.45) is 1.01. The summed E-state index contributed by atoms with van der Waals surface area (Å²) in [6.45, 7) is 1.66. The fraction of sp³-hybridized carbons (Fsp3) is 0.500. The normalized spacial score (nSPS) is 29.1. The maximum Gasteiger partial charge on any atom is 0.227 e. The number of hydrogen-bond acceptors (Lipinski definition) is 3. The Morgan fingerprint density at radius 2 is 2.22 bits per heavy atom. The molecule has 0 aliphatic carbocycles. The van der Waals surface area contributed by atoms with Gasteiger partial charge >= 0.3 is 0 Å². The highest BCUT2D eigenvalue weighted by atomic mass is 35.5. The monoisotopic (exact) mass is 338 g/mol. The number of likely N-dealkylation sites (tertiary alicyclic amines) is 1. The molecule has 0 saturated carbocycles. The average molecular weight is 339 g/mol. The second-order valence-electron chi connectivity index (χ2n) is 6.25. The zero-order valence-corrected chi connectivity index (χ0v) is 13.2. The Hall–Kier alpha value is -1.66. The van der Waals surface area contributed by atoms with Crippen molar-refractivity contribution in [2.75, 3.05) is 19.7 Å². The molecule has 2 amide bonds. The molecule has 0 aromatic heterocycles. The molecule has 3 fully saturated rings. The lowest BCUT2D eigenvalue weighted by atomic mass is 10.1. The Morgan fingerprint density at radius 1 is 1.39 bits per heavy atom. The van der Waals surface area contributed by atoms with Crippen molar-refractivity contribution in [3.63, 3.8) is 0 Å². The van der Waals surface area contributed by atoms with E-state index in [0.717, 1.165) is 0 Å². The van der Waals surface area contributed by atoms with Crippen molar-refractivity contribution in [3.05, 3.63) is 34.6 Å². The van der Waals surface area contributed by atoms with E-state index in [1.54, 1.807) is 15.9 Å². The van der Waals surface area contributed by atoms with Gasteiger partial charge in [0.1, 0.15) is 5.82 Å². The highest BCUT2D eigenvalue weighted by Gasteiger charge is 2.62. The van der Waals surface area contributed by atoms with Gasteiger partial charge in [-0.05, 0) is 23.8 Å². The van der Waals surface area contributed by atoms with E-state index in [9.17, 15) is 14.0 Å². The van der Waals surface area contributed by atoms with Crippen LogP contribution in [0.5, 0.6) is 0 Å². The third-order valence-corrected chi connectivity index (χ3v) is 5.22. The van der Waals surface area contributed by atoms with E-state index in [1.165, 1.54) is 12.1 Å². The molecule has 0 N–H and O–H groups in total. The predicted octanol–water partition coefficient (Wildman–Crippen LogP) is 1.58. The first-order valence-corrected chi connectivity index (χ1v) is 8.06. The molecule has 23 heavy (non-hydrogen) atoms. The first-order valence-electron chi connectivity index (χ1n) is 7.68. The summed E-state index contributed by atoms with van der Waals surface area (Å²) in [6, 6.07) is 3.87. The summed E-state index contributed by atoms with van der Waals surface area (Å²) >= 11 is 5.84. The van der Waals surface area contributed by atoms with Crippen molar-refractivity contribution in [1.29, 1.82) is 0 Å². The lowest BCUT2D eigenvalue weighted by Gasteiger charge is -2.31. The number of ether oxygens (including phenoxy) is 1. The van der Waals surface area contributed by atoms with Crippen LogP contribution < -0.4 is 0 Å². The molecule has 3 aliphatic rings. The number of hydrogen-bond donors (Lipinski definition) is 0. The van der Waals surface area contributed by atoms with Crippen molar-refractivity contribution in [3.8, 4) is 0 Å². The van der Waals surface area contributed by atoms with Gasteiger partial charge in [-0.25, -0.2) is 4.39 Å². The summed E-state index contributed by atoms with van der Waals surface area (Å²) in [5, 5.41) is 0.270. The molecule has 0 radical (unpaired) electrons. The number of halogens is 2. The lowest BCUT2D eigenvalue weighted by Crippen LogP contribution is -2.49. The molecule has 0 unspecified atom stereocenters. The van der Waals surface area contributed by atoms with Gasteiger partial charge in [0.25, 0.3) is 0 Å². The highest BCUT2D eigenvalue weighted by Crippen LogP contribution is 2.45. The lowest BCUT2D eigenvalue weighted by molar-refractivity contribution is -0.139. The van der Waals surface area contributed by atoms with E-state index in [-0.39, 0.29) is 29.3 Å². The molecule has 122 valence electrons. The Bertz CT molecular complexity index is 678. The Morgan fingerprint density at radius 3 is 3.00 bits per heavy atom. The van der Waals surface area contributed by atoms with Gasteiger partial charge in [0, 0.05) is 24.5 Å². The minimum absolute atomic E-state index is 0.0406.